The third kappa shape index (κ3) is 5.63. The molecule has 0 radical (unpaired) electrons. The van der Waals surface area contributed by atoms with Crippen LogP contribution in [0.4, 0.5) is 0 Å². The van der Waals surface area contributed by atoms with Gasteiger partial charge in [0.15, 0.2) is 11.5 Å². The highest BCUT2D eigenvalue weighted by atomic mass is 35.5. The average Bonchev–Trinajstić information content (AvgIpc) is 2.78. The van der Waals surface area contributed by atoms with E-state index < -0.39 is 0 Å². The first kappa shape index (κ1) is 23.2. The predicted molar refractivity (Wildman–Crippen MR) is 122 cm³/mol. The molecule has 0 aliphatic carbocycles. The summed E-state index contributed by atoms with van der Waals surface area (Å²) in [6.45, 7) is 6.56. The van der Waals surface area contributed by atoms with Crippen molar-refractivity contribution in [2.45, 2.75) is 20.3 Å². The lowest BCUT2D eigenvalue weighted by atomic mass is 10.1. The molecule has 8 heteroatoms. The number of carbonyl (C=O) groups is 2. The van der Waals surface area contributed by atoms with Crippen molar-refractivity contribution in [1.82, 2.24) is 9.80 Å². The normalized spacial score (nSPS) is 13.8. The van der Waals surface area contributed by atoms with Gasteiger partial charge in [0.2, 0.25) is 0 Å². The molecule has 1 fully saturated rings. The van der Waals surface area contributed by atoms with E-state index in [1.54, 1.807) is 46.2 Å². The van der Waals surface area contributed by atoms with Crippen molar-refractivity contribution in [2.24, 2.45) is 0 Å². The molecule has 0 bridgehead atoms. The number of hydrogen-bond acceptors (Lipinski definition) is 4. The Balaban J connectivity index is 1.69. The van der Waals surface area contributed by atoms with Crippen LogP contribution in [0.1, 0.15) is 41.0 Å². The minimum absolute atomic E-state index is 0.0892. The Labute approximate surface area is 192 Å². The van der Waals surface area contributed by atoms with E-state index in [4.69, 9.17) is 32.7 Å². The van der Waals surface area contributed by atoms with Crippen LogP contribution in [-0.4, -0.2) is 61.0 Å². The summed E-state index contributed by atoms with van der Waals surface area (Å²) in [6.07, 6.45) is 0.834. The minimum atomic E-state index is -0.153. The highest BCUT2D eigenvalue weighted by Gasteiger charge is 2.27. The van der Waals surface area contributed by atoms with E-state index in [2.05, 4.69) is 0 Å². The van der Waals surface area contributed by atoms with Crippen LogP contribution in [0.5, 0.6) is 11.5 Å². The van der Waals surface area contributed by atoms with E-state index >= 15 is 0 Å². The molecule has 31 heavy (non-hydrogen) atoms. The zero-order valence-corrected chi connectivity index (χ0v) is 19.2. The molecule has 0 N–H and O–H groups in total. The molecular formula is C23H26Cl2N2O4. The fourth-order valence-electron chi connectivity index (χ4n) is 3.40. The van der Waals surface area contributed by atoms with Gasteiger partial charge >= 0.3 is 0 Å². The molecule has 166 valence electrons. The lowest BCUT2D eigenvalue weighted by Gasteiger charge is -2.35. The monoisotopic (exact) mass is 464 g/mol. The Morgan fingerprint density at radius 3 is 2.13 bits per heavy atom. The summed E-state index contributed by atoms with van der Waals surface area (Å²) < 4.78 is 11.4. The van der Waals surface area contributed by atoms with E-state index in [1.807, 2.05) is 13.8 Å². The Bertz CT molecular complexity index is 943. The lowest BCUT2D eigenvalue weighted by molar-refractivity contribution is 0.0535. The van der Waals surface area contributed by atoms with Crippen molar-refractivity contribution >= 4 is 35.0 Å². The van der Waals surface area contributed by atoms with Gasteiger partial charge in [0.1, 0.15) is 0 Å². The molecule has 1 saturated heterocycles. The highest BCUT2D eigenvalue weighted by Crippen LogP contribution is 2.37. The molecule has 0 unspecified atom stereocenters. The molecule has 0 spiro atoms. The number of ether oxygens (including phenoxy) is 2. The average molecular weight is 465 g/mol. The summed E-state index contributed by atoms with van der Waals surface area (Å²) >= 11 is 12.4. The second-order valence-corrected chi connectivity index (χ2v) is 8.01. The first-order valence-electron chi connectivity index (χ1n) is 10.4. The first-order valence-corrected chi connectivity index (χ1v) is 11.1. The number of amides is 2. The first-order chi connectivity index (χ1) is 14.9. The summed E-state index contributed by atoms with van der Waals surface area (Å²) in [5.74, 6) is 0.675. The quantitative estimate of drug-likeness (QED) is 0.591. The summed E-state index contributed by atoms with van der Waals surface area (Å²) in [6, 6.07) is 10.2. The van der Waals surface area contributed by atoms with Gasteiger partial charge in [-0.1, -0.05) is 36.2 Å². The van der Waals surface area contributed by atoms with Crippen molar-refractivity contribution in [3.05, 3.63) is 57.6 Å². The molecule has 1 aliphatic rings. The van der Waals surface area contributed by atoms with Gasteiger partial charge in [0, 0.05) is 42.3 Å². The topological polar surface area (TPSA) is 59.1 Å². The van der Waals surface area contributed by atoms with Crippen LogP contribution in [0.2, 0.25) is 10.0 Å². The molecule has 3 rings (SSSR count). The van der Waals surface area contributed by atoms with Crippen molar-refractivity contribution in [3.63, 3.8) is 0 Å². The maximum absolute atomic E-state index is 13.1. The summed E-state index contributed by atoms with van der Waals surface area (Å²) in [5, 5.41) is 0.866. The zero-order valence-electron chi connectivity index (χ0n) is 17.7. The Morgan fingerprint density at radius 2 is 1.55 bits per heavy atom. The van der Waals surface area contributed by atoms with Gasteiger partial charge in [-0.05, 0) is 43.7 Å². The van der Waals surface area contributed by atoms with Gasteiger partial charge in [-0.3, -0.25) is 9.59 Å². The molecule has 0 saturated carbocycles. The molecule has 2 aromatic carbocycles. The highest BCUT2D eigenvalue weighted by molar-refractivity contribution is 6.32. The fraction of sp³-hybridized carbons (Fsp3) is 0.391. The summed E-state index contributed by atoms with van der Waals surface area (Å²) in [4.78, 5) is 29.2. The third-order valence-electron chi connectivity index (χ3n) is 4.93. The summed E-state index contributed by atoms with van der Waals surface area (Å²) in [5.41, 5.74) is 0.981. The zero-order chi connectivity index (χ0) is 22.4. The van der Waals surface area contributed by atoms with E-state index in [9.17, 15) is 9.59 Å². The SMILES string of the molecule is CCCOc1c(Cl)cc(C(=O)N2CCN(C(=O)c3cccc(Cl)c3)CC2)cc1OCC. The van der Waals surface area contributed by atoms with Crippen molar-refractivity contribution in [2.75, 3.05) is 39.4 Å². The van der Waals surface area contributed by atoms with E-state index in [1.165, 1.54) is 0 Å². The van der Waals surface area contributed by atoms with Crippen molar-refractivity contribution < 1.29 is 19.1 Å². The van der Waals surface area contributed by atoms with Crippen LogP contribution >= 0.6 is 23.2 Å². The van der Waals surface area contributed by atoms with Gasteiger partial charge in [0.05, 0.1) is 18.2 Å². The van der Waals surface area contributed by atoms with E-state index in [0.29, 0.717) is 72.1 Å². The minimum Gasteiger partial charge on any atom is -0.490 e. The van der Waals surface area contributed by atoms with Gasteiger partial charge in [-0.15, -0.1) is 0 Å². The number of rotatable bonds is 7. The Hall–Kier alpha value is -2.44. The van der Waals surface area contributed by atoms with Gasteiger partial charge in [-0.25, -0.2) is 0 Å². The van der Waals surface area contributed by atoms with Crippen LogP contribution in [0.15, 0.2) is 36.4 Å². The second kappa shape index (κ2) is 10.7. The second-order valence-electron chi connectivity index (χ2n) is 7.16. The Morgan fingerprint density at radius 1 is 0.903 bits per heavy atom. The maximum atomic E-state index is 13.1. The van der Waals surface area contributed by atoms with Crippen molar-refractivity contribution in [1.29, 1.82) is 0 Å². The molecular weight excluding hydrogens is 439 g/mol. The molecule has 2 aromatic rings. The van der Waals surface area contributed by atoms with Gasteiger partial charge < -0.3 is 19.3 Å². The number of carbonyl (C=O) groups excluding carboxylic acids is 2. The van der Waals surface area contributed by atoms with Crippen LogP contribution in [0, 0.1) is 0 Å². The molecule has 1 heterocycles. The number of piperazine rings is 1. The molecule has 2 amide bonds. The molecule has 0 atom stereocenters. The van der Waals surface area contributed by atoms with E-state index in [0.717, 1.165) is 6.42 Å². The van der Waals surface area contributed by atoms with Gasteiger partial charge in [-0.2, -0.15) is 0 Å². The van der Waals surface area contributed by atoms with Crippen LogP contribution in [-0.2, 0) is 0 Å². The van der Waals surface area contributed by atoms with Crippen LogP contribution in [0.3, 0.4) is 0 Å². The molecule has 1 aliphatic heterocycles. The number of benzene rings is 2. The largest absolute Gasteiger partial charge is 0.490 e. The number of nitrogens with zero attached hydrogens (tertiary/aromatic N) is 2. The van der Waals surface area contributed by atoms with E-state index in [-0.39, 0.29) is 11.8 Å². The number of halogens is 2. The number of hydrogen-bond donors (Lipinski definition) is 0. The Kier molecular flexibility index (Phi) is 8.04. The lowest BCUT2D eigenvalue weighted by Crippen LogP contribution is -2.50. The van der Waals surface area contributed by atoms with Crippen LogP contribution in [0.25, 0.3) is 0 Å². The molecule has 6 nitrogen and oxygen atoms in total. The fourth-order valence-corrected chi connectivity index (χ4v) is 3.85. The predicted octanol–water partition coefficient (Wildman–Crippen LogP) is 4.78. The molecule has 0 aromatic heterocycles. The van der Waals surface area contributed by atoms with Crippen molar-refractivity contribution in [3.8, 4) is 11.5 Å². The van der Waals surface area contributed by atoms with Gasteiger partial charge in [0.25, 0.3) is 11.8 Å². The maximum Gasteiger partial charge on any atom is 0.254 e. The standard InChI is InChI=1S/C23H26Cl2N2O4/c1-3-12-31-21-19(25)14-17(15-20(21)30-4-2)23(29)27-10-8-26(9-11-27)22(28)16-6-5-7-18(24)13-16/h5-7,13-15H,3-4,8-12H2,1-2H3. The third-order valence-corrected chi connectivity index (χ3v) is 5.45. The smallest absolute Gasteiger partial charge is 0.254 e. The van der Waals surface area contributed by atoms with Crippen LogP contribution < -0.4 is 9.47 Å². The summed E-state index contributed by atoms with van der Waals surface area (Å²) in [7, 11) is 0.